The Morgan fingerprint density at radius 2 is 1.93 bits per heavy atom. The molecule has 7 heteroatoms. The number of carbonyl (C=O) groups excluding carboxylic acids is 1. The lowest BCUT2D eigenvalue weighted by atomic mass is 10.2. The maximum absolute atomic E-state index is 12.7. The first-order chi connectivity index (χ1) is 14.7. The zero-order valence-corrected chi connectivity index (χ0v) is 17.0. The first kappa shape index (κ1) is 21.1. The number of amides is 1. The Balaban J connectivity index is 1.60. The van der Waals surface area contributed by atoms with Crippen LogP contribution < -0.4 is 9.64 Å². The van der Waals surface area contributed by atoms with Crippen molar-refractivity contribution in [2.45, 2.75) is 32.6 Å². The quantitative estimate of drug-likeness (QED) is 0.497. The number of hydrogen-bond acceptors (Lipinski definition) is 6. The number of benzene rings is 2. The van der Waals surface area contributed by atoms with Crippen LogP contribution >= 0.6 is 0 Å². The van der Waals surface area contributed by atoms with E-state index in [-0.39, 0.29) is 18.9 Å². The number of carbonyl (C=O) groups is 1. The van der Waals surface area contributed by atoms with Gasteiger partial charge in [-0.3, -0.25) is 4.79 Å². The van der Waals surface area contributed by atoms with Crippen LogP contribution in [-0.4, -0.2) is 29.2 Å². The third-order valence-electron chi connectivity index (χ3n) is 4.50. The van der Waals surface area contributed by atoms with E-state index < -0.39 is 0 Å². The lowest BCUT2D eigenvalue weighted by Gasteiger charge is -2.21. The van der Waals surface area contributed by atoms with E-state index in [0.29, 0.717) is 24.0 Å². The first-order valence-electron chi connectivity index (χ1n) is 9.99. The molecule has 3 aromatic rings. The normalized spacial score (nSPS) is 10.4. The summed E-state index contributed by atoms with van der Waals surface area (Å²) in [6, 6.07) is 18.5. The van der Waals surface area contributed by atoms with E-state index in [9.17, 15) is 4.79 Å². The van der Waals surface area contributed by atoms with Crippen molar-refractivity contribution in [2.24, 2.45) is 0 Å². The standard InChI is InChI=1S/C23H24N4O3/c1-2-3-10-21-25-23(26-30-21)18-11-13-20(14-12-18)29-17-22(28)27(16-7-15-24)19-8-5-4-6-9-19/h4-6,8-9,11-14H,2-3,7,10,16-17H2,1H3. The SMILES string of the molecule is CCCCc1nc(-c2ccc(OCC(=O)N(CCC#N)c3ccccc3)cc2)no1. The summed E-state index contributed by atoms with van der Waals surface area (Å²) >= 11 is 0. The fourth-order valence-corrected chi connectivity index (χ4v) is 2.89. The Morgan fingerprint density at radius 3 is 2.63 bits per heavy atom. The van der Waals surface area contributed by atoms with E-state index in [1.54, 1.807) is 17.0 Å². The number of anilines is 1. The Morgan fingerprint density at radius 1 is 1.17 bits per heavy atom. The van der Waals surface area contributed by atoms with Crippen molar-refractivity contribution < 1.29 is 14.1 Å². The number of aromatic nitrogens is 2. The van der Waals surface area contributed by atoms with Crippen molar-refractivity contribution in [1.29, 1.82) is 5.26 Å². The van der Waals surface area contributed by atoms with Crippen LogP contribution in [0.5, 0.6) is 5.75 Å². The second-order valence-corrected chi connectivity index (χ2v) is 6.72. The highest BCUT2D eigenvalue weighted by Gasteiger charge is 2.16. The highest BCUT2D eigenvalue weighted by molar-refractivity contribution is 5.94. The molecule has 0 atom stereocenters. The number of aryl methyl sites for hydroxylation is 1. The van der Waals surface area contributed by atoms with Crippen LogP contribution in [0.15, 0.2) is 59.1 Å². The van der Waals surface area contributed by atoms with Gasteiger partial charge in [-0.1, -0.05) is 36.7 Å². The van der Waals surface area contributed by atoms with E-state index in [1.165, 1.54) is 0 Å². The second-order valence-electron chi connectivity index (χ2n) is 6.72. The molecule has 7 nitrogen and oxygen atoms in total. The van der Waals surface area contributed by atoms with E-state index >= 15 is 0 Å². The average molecular weight is 404 g/mol. The van der Waals surface area contributed by atoms with E-state index in [0.717, 1.165) is 30.5 Å². The molecule has 0 bridgehead atoms. The van der Waals surface area contributed by atoms with Crippen molar-refractivity contribution in [3.8, 4) is 23.2 Å². The van der Waals surface area contributed by atoms with Crippen LogP contribution in [0.3, 0.4) is 0 Å². The number of rotatable bonds is 10. The van der Waals surface area contributed by atoms with Gasteiger partial charge in [0.1, 0.15) is 5.75 Å². The average Bonchev–Trinajstić information content (AvgIpc) is 3.26. The summed E-state index contributed by atoms with van der Waals surface area (Å²) in [6.45, 7) is 2.31. The Hall–Kier alpha value is -3.66. The minimum atomic E-state index is -0.209. The van der Waals surface area contributed by atoms with Crippen molar-refractivity contribution >= 4 is 11.6 Å². The molecule has 0 aliphatic rings. The summed E-state index contributed by atoms with van der Waals surface area (Å²) in [6.07, 6.45) is 3.11. The summed E-state index contributed by atoms with van der Waals surface area (Å²) < 4.78 is 10.9. The number of nitrogens with zero attached hydrogens (tertiary/aromatic N) is 4. The minimum Gasteiger partial charge on any atom is -0.484 e. The van der Waals surface area contributed by atoms with Crippen LogP contribution in [-0.2, 0) is 11.2 Å². The molecule has 0 radical (unpaired) electrons. The van der Waals surface area contributed by atoms with Gasteiger partial charge in [-0.15, -0.1) is 0 Å². The number of unbranched alkanes of at least 4 members (excludes halogenated alkanes) is 1. The third-order valence-corrected chi connectivity index (χ3v) is 4.50. The topological polar surface area (TPSA) is 92.2 Å². The fraction of sp³-hybridized carbons (Fsp3) is 0.304. The lowest BCUT2D eigenvalue weighted by molar-refractivity contribution is -0.120. The smallest absolute Gasteiger partial charge is 0.264 e. The van der Waals surface area contributed by atoms with Crippen LogP contribution in [0.25, 0.3) is 11.4 Å². The Bertz CT molecular complexity index is 978. The van der Waals surface area contributed by atoms with Crippen molar-refractivity contribution in [1.82, 2.24) is 10.1 Å². The van der Waals surface area contributed by atoms with Gasteiger partial charge in [-0.25, -0.2) is 0 Å². The first-order valence-corrected chi connectivity index (χ1v) is 9.99. The molecule has 0 aliphatic carbocycles. The van der Waals surface area contributed by atoms with Gasteiger partial charge in [-0.2, -0.15) is 10.2 Å². The summed E-state index contributed by atoms with van der Waals surface area (Å²) in [7, 11) is 0. The van der Waals surface area contributed by atoms with Crippen LogP contribution in [0.2, 0.25) is 0 Å². The summed E-state index contributed by atoms with van der Waals surface area (Å²) in [5, 5.41) is 12.9. The predicted octanol–water partition coefficient (Wildman–Crippen LogP) is 4.40. The van der Waals surface area contributed by atoms with Gasteiger partial charge in [-0.05, 0) is 42.8 Å². The largest absolute Gasteiger partial charge is 0.484 e. The van der Waals surface area contributed by atoms with Gasteiger partial charge in [0.05, 0.1) is 12.5 Å². The second kappa shape index (κ2) is 10.8. The highest BCUT2D eigenvalue weighted by Crippen LogP contribution is 2.21. The molecule has 0 N–H and O–H groups in total. The molecule has 1 heterocycles. The van der Waals surface area contributed by atoms with Gasteiger partial charge in [0.15, 0.2) is 6.61 Å². The molecule has 0 unspecified atom stereocenters. The minimum absolute atomic E-state index is 0.122. The van der Waals surface area contributed by atoms with Gasteiger partial charge in [0, 0.05) is 24.2 Å². The van der Waals surface area contributed by atoms with Crippen molar-refractivity contribution in [3.05, 3.63) is 60.5 Å². The molecule has 0 saturated carbocycles. The van der Waals surface area contributed by atoms with Gasteiger partial charge in [0.25, 0.3) is 5.91 Å². The molecular formula is C23H24N4O3. The maximum atomic E-state index is 12.7. The van der Waals surface area contributed by atoms with Crippen molar-refractivity contribution in [3.63, 3.8) is 0 Å². The zero-order valence-electron chi connectivity index (χ0n) is 17.0. The zero-order chi connectivity index (χ0) is 21.2. The highest BCUT2D eigenvalue weighted by atomic mass is 16.5. The van der Waals surface area contributed by atoms with Crippen molar-refractivity contribution in [2.75, 3.05) is 18.1 Å². The summed E-state index contributed by atoms with van der Waals surface area (Å²) in [4.78, 5) is 18.6. The van der Waals surface area contributed by atoms with E-state index in [1.807, 2.05) is 42.5 Å². The van der Waals surface area contributed by atoms with Gasteiger partial charge in [0.2, 0.25) is 11.7 Å². The third kappa shape index (κ3) is 5.67. The van der Waals surface area contributed by atoms with Crippen LogP contribution in [0.4, 0.5) is 5.69 Å². The van der Waals surface area contributed by atoms with Crippen LogP contribution in [0, 0.1) is 11.3 Å². The number of hydrogen-bond donors (Lipinski definition) is 0. The molecule has 2 aromatic carbocycles. The number of nitriles is 1. The predicted molar refractivity (Wildman–Crippen MR) is 113 cm³/mol. The van der Waals surface area contributed by atoms with Crippen LogP contribution in [0.1, 0.15) is 32.1 Å². The molecule has 1 aromatic heterocycles. The molecule has 30 heavy (non-hydrogen) atoms. The number of para-hydroxylation sites is 1. The van der Waals surface area contributed by atoms with E-state index in [4.69, 9.17) is 14.5 Å². The Kier molecular flexibility index (Phi) is 7.56. The van der Waals surface area contributed by atoms with E-state index in [2.05, 4.69) is 23.1 Å². The molecular weight excluding hydrogens is 380 g/mol. The molecule has 154 valence electrons. The lowest BCUT2D eigenvalue weighted by Crippen LogP contribution is -2.35. The summed E-state index contributed by atoms with van der Waals surface area (Å²) in [5.74, 6) is 1.53. The Labute approximate surface area is 175 Å². The fourth-order valence-electron chi connectivity index (χ4n) is 2.89. The van der Waals surface area contributed by atoms with Gasteiger partial charge < -0.3 is 14.2 Å². The van der Waals surface area contributed by atoms with Gasteiger partial charge >= 0.3 is 0 Å². The monoisotopic (exact) mass is 404 g/mol. The molecule has 3 rings (SSSR count). The molecule has 0 fully saturated rings. The molecule has 0 spiro atoms. The molecule has 0 aliphatic heterocycles. The molecule has 1 amide bonds. The summed E-state index contributed by atoms with van der Waals surface area (Å²) in [5.41, 5.74) is 1.56. The number of ether oxygens (including phenoxy) is 1. The maximum Gasteiger partial charge on any atom is 0.264 e. The molecule has 0 saturated heterocycles.